The van der Waals surface area contributed by atoms with Crippen molar-refractivity contribution in [1.82, 2.24) is 15.7 Å². The van der Waals surface area contributed by atoms with E-state index in [1.54, 1.807) is 6.20 Å². The number of aromatic nitrogens is 2. The van der Waals surface area contributed by atoms with Crippen LogP contribution in [-0.4, -0.2) is 9.97 Å². The van der Waals surface area contributed by atoms with Gasteiger partial charge in [0.1, 0.15) is 0 Å². The van der Waals surface area contributed by atoms with Crippen molar-refractivity contribution in [1.29, 1.82) is 0 Å². The molecule has 1 rings (SSSR count). The first-order chi connectivity index (χ1) is 2.89. The number of H-pyrrole nitrogens is 1. The summed E-state index contributed by atoms with van der Waals surface area (Å²) < 4.78 is 0. The number of nitrogens with one attached hydrogen (secondary N) is 1. The Hall–Kier alpha value is -0.990. The summed E-state index contributed by atoms with van der Waals surface area (Å²) in [5.41, 5.74) is 8.31. The summed E-state index contributed by atoms with van der Waals surface area (Å²) in [6, 6.07) is 0. The summed E-state index contributed by atoms with van der Waals surface area (Å²) in [6.45, 7) is 0. The van der Waals surface area contributed by atoms with E-state index in [-0.39, 0.29) is 5.95 Å². The highest BCUT2D eigenvalue weighted by molar-refractivity contribution is 5.05. The maximum atomic E-state index is 8.31. The zero-order valence-electron chi connectivity index (χ0n) is 3.05. The Morgan fingerprint density at radius 3 is 2.83 bits per heavy atom. The number of hydrogen-bond acceptors (Lipinski definition) is 1. The minimum atomic E-state index is -0.0324. The van der Waals surface area contributed by atoms with Crippen LogP contribution >= 0.6 is 0 Å². The van der Waals surface area contributed by atoms with Crippen LogP contribution in [0.5, 0.6) is 0 Å². The molecule has 6 heavy (non-hydrogen) atoms. The summed E-state index contributed by atoms with van der Waals surface area (Å²) in [5.74, 6) is -0.0324. The van der Waals surface area contributed by atoms with Crippen molar-refractivity contribution in [2.45, 2.75) is 0 Å². The number of nitrogens with zero attached hydrogens (tertiary/aromatic N) is 2. The van der Waals surface area contributed by atoms with Crippen LogP contribution in [0.4, 0.5) is 5.95 Å². The zero-order valence-corrected chi connectivity index (χ0v) is 3.05. The summed E-state index contributed by atoms with van der Waals surface area (Å²) >= 11 is 0. The van der Waals surface area contributed by atoms with E-state index < -0.39 is 0 Å². The van der Waals surface area contributed by atoms with Gasteiger partial charge in [-0.3, -0.25) is 0 Å². The van der Waals surface area contributed by atoms with Crippen molar-refractivity contribution in [3.05, 3.63) is 12.4 Å². The van der Waals surface area contributed by atoms with E-state index in [2.05, 4.69) is 9.97 Å². The predicted octanol–water partition coefficient (Wildman–Crippen LogP) is 0.110. The first kappa shape index (κ1) is 3.21. The Kier molecular flexibility index (Phi) is 0.538. The van der Waals surface area contributed by atoms with Gasteiger partial charge in [0.2, 0.25) is 5.95 Å². The molecule has 0 saturated heterocycles. The van der Waals surface area contributed by atoms with Crippen LogP contribution in [0.2, 0.25) is 0 Å². The third kappa shape index (κ3) is 0.337. The van der Waals surface area contributed by atoms with Gasteiger partial charge in [-0.05, 0) is 0 Å². The summed E-state index contributed by atoms with van der Waals surface area (Å²) in [5, 5.41) is 0. The molecule has 30 valence electrons. The van der Waals surface area contributed by atoms with Crippen LogP contribution in [0, 0.1) is 0 Å². The van der Waals surface area contributed by atoms with Gasteiger partial charge >= 0.3 is 0 Å². The van der Waals surface area contributed by atoms with Gasteiger partial charge in [0.15, 0.2) is 0 Å². The third-order valence-corrected chi connectivity index (χ3v) is 0.484. The molecule has 1 aromatic rings. The molecule has 0 spiro atoms. The highest BCUT2D eigenvalue weighted by Crippen LogP contribution is 1.85. The molecule has 3 heteroatoms. The van der Waals surface area contributed by atoms with E-state index in [1.807, 2.05) is 0 Å². The smallest absolute Gasteiger partial charge is 0.246 e. The van der Waals surface area contributed by atoms with Gasteiger partial charge in [-0.2, -0.15) is 0 Å². The Labute approximate surface area is 35.2 Å². The molecule has 3 nitrogen and oxygen atoms in total. The standard InChI is InChI=1S/C3H3N3/c4-3-5-1-2-6-3/h1-2H,(H,5,6). The van der Waals surface area contributed by atoms with E-state index in [4.69, 9.17) is 5.73 Å². The van der Waals surface area contributed by atoms with Crippen molar-refractivity contribution in [3.63, 3.8) is 0 Å². The first-order valence-electron chi connectivity index (χ1n) is 1.58. The van der Waals surface area contributed by atoms with Crippen LogP contribution in [0.25, 0.3) is 0 Å². The Balaban J connectivity index is 3.05. The van der Waals surface area contributed by atoms with Crippen molar-refractivity contribution in [2.24, 2.45) is 0 Å². The lowest BCUT2D eigenvalue weighted by Crippen LogP contribution is -1.64. The number of imidazole rings is 1. The molecule has 0 bridgehead atoms. The molecule has 0 amide bonds. The van der Waals surface area contributed by atoms with Crippen LogP contribution < -0.4 is 5.73 Å². The van der Waals surface area contributed by atoms with E-state index >= 15 is 0 Å². The quantitative estimate of drug-likeness (QED) is 0.473. The normalized spacial score (nSPS) is 8.67. The second-order valence-corrected chi connectivity index (χ2v) is 0.913. The molecular weight excluding hydrogens is 78.1 g/mol. The van der Waals surface area contributed by atoms with Gasteiger partial charge in [0.05, 0.1) is 0 Å². The molecule has 0 aromatic carbocycles. The molecule has 0 aliphatic rings. The minimum absolute atomic E-state index is 0.0324. The Morgan fingerprint density at radius 2 is 2.67 bits per heavy atom. The molecule has 2 radical (unpaired) electrons. The summed E-state index contributed by atoms with van der Waals surface area (Å²) in [4.78, 5) is 5.86. The van der Waals surface area contributed by atoms with Crippen LogP contribution in [0.15, 0.2) is 12.4 Å². The SMILES string of the molecule is [N]c1ncc[nH]1. The lowest BCUT2D eigenvalue weighted by molar-refractivity contribution is 1.22. The molecule has 0 aliphatic carbocycles. The van der Waals surface area contributed by atoms with Crippen LogP contribution in [-0.2, 0) is 0 Å². The van der Waals surface area contributed by atoms with Gasteiger partial charge in [0.25, 0.3) is 0 Å². The van der Waals surface area contributed by atoms with Crippen LogP contribution in [0.1, 0.15) is 0 Å². The molecular formula is C3H3N3. The lowest BCUT2D eigenvalue weighted by atomic mass is 11.0. The van der Waals surface area contributed by atoms with Crippen molar-refractivity contribution in [2.75, 3.05) is 0 Å². The van der Waals surface area contributed by atoms with Gasteiger partial charge in [-0.1, -0.05) is 0 Å². The van der Waals surface area contributed by atoms with Crippen LogP contribution in [0.3, 0.4) is 0 Å². The van der Waals surface area contributed by atoms with E-state index in [0.29, 0.717) is 0 Å². The highest BCUT2D eigenvalue weighted by Gasteiger charge is 1.78. The molecule has 1 N–H and O–H groups in total. The van der Waals surface area contributed by atoms with Gasteiger partial charge < -0.3 is 4.98 Å². The maximum absolute atomic E-state index is 8.31. The lowest BCUT2D eigenvalue weighted by Gasteiger charge is -1.63. The van der Waals surface area contributed by atoms with E-state index in [1.165, 1.54) is 6.20 Å². The topological polar surface area (TPSA) is 51.0 Å². The first-order valence-corrected chi connectivity index (χ1v) is 1.58. The molecule has 0 saturated carbocycles. The van der Waals surface area contributed by atoms with E-state index in [9.17, 15) is 0 Å². The number of hydrogen-bond donors (Lipinski definition) is 1. The largest absolute Gasteiger partial charge is 0.328 e. The second-order valence-electron chi connectivity index (χ2n) is 0.913. The average Bonchev–Trinajstić information content (AvgIpc) is 1.86. The predicted molar refractivity (Wildman–Crippen MR) is 20.4 cm³/mol. The Bertz CT molecular complexity index is 110. The summed E-state index contributed by atoms with van der Waals surface area (Å²) in [7, 11) is 0. The van der Waals surface area contributed by atoms with E-state index in [0.717, 1.165) is 0 Å². The third-order valence-electron chi connectivity index (χ3n) is 0.484. The monoisotopic (exact) mass is 81.0 g/mol. The number of rotatable bonds is 0. The molecule has 1 aromatic heterocycles. The highest BCUT2D eigenvalue weighted by atomic mass is 15.0. The second kappa shape index (κ2) is 1.01. The molecule has 0 aliphatic heterocycles. The van der Waals surface area contributed by atoms with Gasteiger partial charge in [0, 0.05) is 12.4 Å². The van der Waals surface area contributed by atoms with Crippen molar-refractivity contribution >= 4 is 5.95 Å². The minimum Gasteiger partial charge on any atom is -0.328 e. The fourth-order valence-corrected chi connectivity index (χ4v) is 0.257. The molecule has 0 atom stereocenters. The number of aromatic amines is 1. The van der Waals surface area contributed by atoms with Gasteiger partial charge in [-0.25, -0.2) is 4.98 Å². The zero-order chi connectivity index (χ0) is 4.41. The fourth-order valence-electron chi connectivity index (χ4n) is 0.257. The van der Waals surface area contributed by atoms with Crippen molar-refractivity contribution in [3.8, 4) is 0 Å². The molecule has 0 fully saturated rings. The Morgan fingerprint density at radius 1 is 1.83 bits per heavy atom. The molecule has 1 heterocycles. The molecule has 0 unspecified atom stereocenters. The maximum Gasteiger partial charge on any atom is 0.246 e. The van der Waals surface area contributed by atoms with Gasteiger partial charge in [-0.15, -0.1) is 5.73 Å². The average molecular weight is 81.1 g/mol. The fraction of sp³-hybridized carbons (Fsp3) is 0. The summed E-state index contributed by atoms with van der Waals surface area (Å²) in [6.07, 6.45) is 3.03. The van der Waals surface area contributed by atoms with Crippen molar-refractivity contribution < 1.29 is 0 Å².